The standard InChI is InChI=1S/C9H13N5O4/c10-13-12-5-6-17-7-8-18-9(14(15)16)3-1-2-4-11-9/h1-4,11H,5-8H2. The maximum Gasteiger partial charge on any atom is 0.427 e. The number of dihydropyridines is 1. The predicted molar refractivity (Wildman–Crippen MR) is 61.9 cm³/mol. The molecule has 0 radical (unpaired) electrons. The second kappa shape index (κ2) is 7.28. The lowest BCUT2D eigenvalue weighted by Crippen LogP contribution is -2.51. The molecule has 0 aromatic heterocycles. The van der Waals surface area contributed by atoms with Crippen LogP contribution in [-0.2, 0) is 9.47 Å². The molecule has 0 saturated heterocycles. The Hall–Kier alpha value is -2.09. The molecule has 0 aliphatic carbocycles. The minimum Gasteiger partial charge on any atom is -0.379 e. The Labute approximate surface area is 103 Å². The Bertz CT molecular complexity index is 390. The third-order valence-electron chi connectivity index (χ3n) is 2.04. The van der Waals surface area contributed by atoms with Gasteiger partial charge in [-0.1, -0.05) is 11.2 Å². The minimum absolute atomic E-state index is 0.0441. The lowest BCUT2D eigenvalue weighted by atomic mass is 10.3. The van der Waals surface area contributed by atoms with Gasteiger partial charge in [0.2, 0.25) is 0 Å². The van der Waals surface area contributed by atoms with Crippen molar-refractivity contribution in [3.63, 3.8) is 0 Å². The average molecular weight is 255 g/mol. The number of rotatable bonds is 8. The molecule has 0 aromatic rings. The zero-order valence-corrected chi connectivity index (χ0v) is 9.56. The zero-order valence-electron chi connectivity index (χ0n) is 9.56. The average Bonchev–Trinajstić information content (AvgIpc) is 2.38. The number of nitro groups is 1. The maximum atomic E-state index is 10.9. The van der Waals surface area contributed by atoms with Crippen molar-refractivity contribution in [1.29, 1.82) is 0 Å². The number of hydrogen-bond acceptors (Lipinski definition) is 6. The molecule has 0 bridgehead atoms. The van der Waals surface area contributed by atoms with Crippen LogP contribution in [0.3, 0.4) is 0 Å². The van der Waals surface area contributed by atoms with Gasteiger partial charge in [0.15, 0.2) is 0 Å². The third kappa shape index (κ3) is 4.06. The van der Waals surface area contributed by atoms with Crippen molar-refractivity contribution in [3.8, 4) is 0 Å². The fraction of sp³-hybridized carbons (Fsp3) is 0.556. The van der Waals surface area contributed by atoms with Crippen LogP contribution in [-0.4, -0.2) is 37.1 Å². The first-order valence-corrected chi connectivity index (χ1v) is 5.20. The molecule has 1 aliphatic rings. The summed E-state index contributed by atoms with van der Waals surface area (Å²) in [6, 6.07) is 0. The molecule has 1 N–H and O–H groups in total. The summed E-state index contributed by atoms with van der Waals surface area (Å²) in [5.74, 6) is -1.73. The van der Waals surface area contributed by atoms with Gasteiger partial charge < -0.3 is 4.74 Å². The smallest absolute Gasteiger partial charge is 0.379 e. The Balaban J connectivity index is 2.27. The normalized spacial score (nSPS) is 21.1. The molecular weight excluding hydrogens is 242 g/mol. The topological polar surface area (TPSA) is 122 Å². The highest BCUT2D eigenvalue weighted by Gasteiger charge is 2.41. The highest BCUT2D eigenvalue weighted by Crippen LogP contribution is 2.13. The number of nitrogens with zero attached hydrogens (tertiary/aromatic N) is 4. The molecule has 0 saturated carbocycles. The summed E-state index contributed by atoms with van der Waals surface area (Å²) in [4.78, 5) is 12.9. The van der Waals surface area contributed by atoms with Gasteiger partial charge in [0.1, 0.15) is 0 Å². The molecule has 1 heterocycles. The summed E-state index contributed by atoms with van der Waals surface area (Å²) in [5.41, 5.74) is 8.01. The van der Waals surface area contributed by atoms with Crippen LogP contribution >= 0.6 is 0 Å². The van der Waals surface area contributed by atoms with Crippen molar-refractivity contribution in [2.24, 2.45) is 5.11 Å². The summed E-state index contributed by atoms with van der Waals surface area (Å²) in [5, 5.41) is 16.7. The van der Waals surface area contributed by atoms with Gasteiger partial charge >= 0.3 is 5.85 Å². The van der Waals surface area contributed by atoms with Gasteiger partial charge in [0.25, 0.3) is 0 Å². The van der Waals surface area contributed by atoms with Crippen molar-refractivity contribution in [2.45, 2.75) is 5.85 Å². The van der Waals surface area contributed by atoms with Crippen molar-refractivity contribution in [2.75, 3.05) is 26.4 Å². The molecule has 0 spiro atoms. The Morgan fingerprint density at radius 2 is 2.28 bits per heavy atom. The van der Waals surface area contributed by atoms with Crippen LogP contribution in [0.2, 0.25) is 0 Å². The summed E-state index contributed by atoms with van der Waals surface area (Å²) in [6.45, 7) is 0.692. The second-order valence-corrected chi connectivity index (χ2v) is 3.23. The van der Waals surface area contributed by atoms with Crippen LogP contribution in [0, 0.1) is 10.1 Å². The van der Waals surface area contributed by atoms with Crippen molar-refractivity contribution in [1.82, 2.24) is 5.32 Å². The van der Waals surface area contributed by atoms with Crippen LogP contribution in [0.25, 0.3) is 10.4 Å². The molecule has 0 amide bonds. The van der Waals surface area contributed by atoms with E-state index in [1.54, 1.807) is 6.08 Å². The van der Waals surface area contributed by atoms with Gasteiger partial charge in [-0.05, 0) is 11.6 Å². The first kappa shape index (κ1) is 14.0. The predicted octanol–water partition coefficient (Wildman–Crippen LogP) is 0.933. The second-order valence-electron chi connectivity index (χ2n) is 3.23. The van der Waals surface area contributed by atoms with E-state index in [0.29, 0.717) is 0 Å². The van der Waals surface area contributed by atoms with Gasteiger partial charge in [-0.15, -0.1) is 0 Å². The SMILES string of the molecule is [N-]=[N+]=NCCOCCOC1([N+](=O)[O-])C=CC=CN1. The molecule has 9 nitrogen and oxygen atoms in total. The van der Waals surface area contributed by atoms with Crippen molar-refractivity contribution < 1.29 is 14.4 Å². The largest absolute Gasteiger partial charge is 0.427 e. The molecule has 0 aromatic carbocycles. The quantitative estimate of drug-likeness (QED) is 0.131. The van der Waals surface area contributed by atoms with E-state index >= 15 is 0 Å². The summed E-state index contributed by atoms with van der Waals surface area (Å²) < 4.78 is 10.2. The molecule has 1 atom stereocenters. The van der Waals surface area contributed by atoms with Gasteiger partial charge in [0, 0.05) is 23.7 Å². The first-order chi connectivity index (χ1) is 8.71. The molecule has 18 heavy (non-hydrogen) atoms. The first-order valence-electron chi connectivity index (χ1n) is 5.20. The highest BCUT2D eigenvalue weighted by molar-refractivity contribution is 5.12. The van der Waals surface area contributed by atoms with Crippen molar-refractivity contribution in [3.05, 3.63) is 45.0 Å². The summed E-state index contributed by atoms with van der Waals surface area (Å²) >= 11 is 0. The molecule has 9 heteroatoms. The van der Waals surface area contributed by atoms with Gasteiger partial charge in [-0.3, -0.25) is 20.2 Å². The van der Waals surface area contributed by atoms with Gasteiger partial charge in [-0.25, -0.2) is 0 Å². The van der Waals surface area contributed by atoms with E-state index in [1.165, 1.54) is 18.4 Å². The molecule has 98 valence electrons. The molecule has 0 fully saturated rings. The Morgan fingerprint density at radius 3 is 2.89 bits per heavy atom. The third-order valence-corrected chi connectivity index (χ3v) is 2.04. The van der Waals surface area contributed by atoms with E-state index in [-0.39, 0.29) is 26.4 Å². The van der Waals surface area contributed by atoms with Gasteiger partial charge in [-0.2, -0.15) is 0 Å². The zero-order chi connectivity index (χ0) is 13.3. The molecule has 1 aliphatic heterocycles. The van der Waals surface area contributed by atoms with Crippen LogP contribution in [0.5, 0.6) is 0 Å². The number of hydrogen-bond donors (Lipinski definition) is 1. The van der Waals surface area contributed by atoms with E-state index in [2.05, 4.69) is 15.3 Å². The summed E-state index contributed by atoms with van der Waals surface area (Å²) in [6.07, 6.45) is 5.90. The maximum absolute atomic E-state index is 10.9. The monoisotopic (exact) mass is 255 g/mol. The number of ether oxygens (including phenoxy) is 2. The molecule has 1 unspecified atom stereocenters. The fourth-order valence-corrected chi connectivity index (χ4v) is 1.22. The minimum atomic E-state index is -1.73. The van der Waals surface area contributed by atoms with Crippen molar-refractivity contribution >= 4 is 0 Å². The van der Waals surface area contributed by atoms with Crippen LogP contribution < -0.4 is 5.32 Å². The van der Waals surface area contributed by atoms with E-state index in [9.17, 15) is 10.1 Å². The number of allylic oxidation sites excluding steroid dienone is 2. The fourth-order valence-electron chi connectivity index (χ4n) is 1.22. The van der Waals surface area contributed by atoms with E-state index in [0.717, 1.165) is 0 Å². The van der Waals surface area contributed by atoms with Gasteiger partial charge in [0.05, 0.1) is 24.7 Å². The van der Waals surface area contributed by atoms with E-state index < -0.39 is 10.8 Å². The summed E-state index contributed by atoms with van der Waals surface area (Å²) in [7, 11) is 0. The van der Waals surface area contributed by atoms with E-state index in [4.69, 9.17) is 15.0 Å². The van der Waals surface area contributed by atoms with Crippen LogP contribution in [0.15, 0.2) is 29.5 Å². The number of nitrogens with one attached hydrogen (secondary N) is 1. The lowest BCUT2D eigenvalue weighted by Gasteiger charge is -2.23. The van der Waals surface area contributed by atoms with E-state index in [1.807, 2.05) is 0 Å². The Kier molecular flexibility index (Phi) is 5.65. The lowest BCUT2D eigenvalue weighted by molar-refractivity contribution is -0.620. The highest BCUT2D eigenvalue weighted by atomic mass is 16.7. The molecule has 1 rings (SSSR count). The Morgan fingerprint density at radius 1 is 1.44 bits per heavy atom. The van der Waals surface area contributed by atoms with Crippen LogP contribution in [0.1, 0.15) is 0 Å². The molecular formula is C9H13N5O4. The number of azide groups is 1. The van der Waals surface area contributed by atoms with Crippen LogP contribution in [0.4, 0.5) is 0 Å².